The van der Waals surface area contributed by atoms with Gasteiger partial charge in [0.2, 0.25) is 0 Å². The zero-order chi connectivity index (χ0) is 10.4. The van der Waals surface area contributed by atoms with Gasteiger partial charge < -0.3 is 4.57 Å². The smallest absolute Gasteiger partial charge is 0.0967 e. The molecule has 0 saturated heterocycles. The second-order valence-corrected chi connectivity index (χ2v) is 3.89. The third-order valence-corrected chi connectivity index (χ3v) is 3.06. The summed E-state index contributed by atoms with van der Waals surface area (Å²) in [6.07, 6.45) is 2.00. The van der Waals surface area contributed by atoms with Crippen LogP contribution in [0.25, 0.3) is 17.0 Å². The number of nitriles is 1. The van der Waals surface area contributed by atoms with E-state index in [-0.39, 0.29) is 0 Å². The highest BCUT2D eigenvalue weighted by molar-refractivity contribution is 5.89. The molecule has 0 bridgehead atoms. The van der Waals surface area contributed by atoms with Gasteiger partial charge in [0.1, 0.15) is 0 Å². The lowest BCUT2D eigenvalue weighted by atomic mass is 10.1. The second kappa shape index (κ2) is 2.74. The number of para-hydroxylation sites is 1. The van der Waals surface area contributed by atoms with Gasteiger partial charge in [-0.05, 0) is 24.6 Å². The molecule has 15 heavy (non-hydrogen) atoms. The molecule has 0 spiro atoms. The summed E-state index contributed by atoms with van der Waals surface area (Å²) < 4.78 is 2.21. The van der Waals surface area contributed by atoms with Gasteiger partial charge in [-0.1, -0.05) is 18.2 Å². The second-order valence-electron chi connectivity index (χ2n) is 3.89. The molecular formula is C13H10N2. The molecule has 1 aliphatic rings. The summed E-state index contributed by atoms with van der Waals surface area (Å²) in [4.78, 5) is 0. The molecule has 0 fully saturated rings. The Kier molecular flexibility index (Phi) is 1.52. The fraction of sp³-hybridized carbons (Fsp3) is 0.154. The first-order valence-electron chi connectivity index (χ1n) is 5.00. The molecule has 1 aliphatic heterocycles. The largest absolute Gasteiger partial charge is 0.335 e. The van der Waals surface area contributed by atoms with Gasteiger partial charge in [-0.3, -0.25) is 0 Å². The molecule has 2 heterocycles. The first kappa shape index (κ1) is 8.31. The highest BCUT2D eigenvalue weighted by atomic mass is 15.0. The predicted molar refractivity (Wildman–Crippen MR) is 60.3 cm³/mol. The minimum atomic E-state index is 0.722. The molecule has 2 heteroatoms. The molecule has 2 aromatic rings. The number of aryl methyl sites for hydroxylation is 1. The third-order valence-electron chi connectivity index (χ3n) is 3.06. The summed E-state index contributed by atoms with van der Waals surface area (Å²) in [6.45, 7) is 2.84. The van der Waals surface area contributed by atoms with Crippen molar-refractivity contribution in [3.63, 3.8) is 0 Å². The van der Waals surface area contributed by atoms with Crippen LogP contribution in [-0.2, 0) is 6.54 Å². The highest BCUT2D eigenvalue weighted by Crippen LogP contribution is 2.31. The molecule has 1 aromatic carbocycles. The first-order chi connectivity index (χ1) is 7.31. The van der Waals surface area contributed by atoms with Crippen LogP contribution in [0.5, 0.6) is 0 Å². The molecule has 0 amide bonds. The van der Waals surface area contributed by atoms with E-state index in [0.717, 1.165) is 12.1 Å². The number of aromatic nitrogens is 1. The van der Waals surface area contributed by atoms with Gasteiger partial charge in [-0.25, -0.2) is 0 Å². The van der Waals surface area contributed by atoms with E-state index in [1.54, 1.807) is 0 Å². The van der Waals surface area contributed by atoms with Gasteiger partial charge in [-0.2, -0.15) is 5.26 Å². The Morgan fingerprint density at radius 2 is 2.13 bits per heavy atom. The molecule has 0 aliphatic carbocycles. The molecule has 0 N–H and O–H groups in total. The quantitative estimate of drug-likeness (QED) is 0.634. The molecular weight excluding hydrogens is 184 g/mol. The Labute approximate surface area is 88.1 Å². The average molecular weight is 194 g/mol. The normalized spacial score (nSPS) is 13.7. The monoisotopic (exact) mass is 194 g/mol. The van der Waals surface area contributed by atoms with E-state index in [1.807, 2.05) is 12.1 Å². The van der Waals surface area contributed by atoms with Gasteiger partial charge in [0.05, 0.1) is 18.2 Å². The van der Waals surface area contributed by atoms with E-state index < -0.39 is 0 Å². The maximum atomic E-state index is 8.89. The molecule has 72 valence electrons. The maximum absolute atomic E-state index is 8.89. The summed E-state index contributed by atoms with van der Waals surface area (Å²) in [5.41, 5.74) is 4.54. The number of fused-ring (bicyclic) bond motifs is 3. The van der Waals surface area contributed by atoms with Crippen LogP contribution < -0.4 is 0 Å². The maximum Gasteiger partial charge on any atom is 0.0967 e. The third kappa shape index (κ3) is 0.977. The fourth-order valence-electron chi connectivity index (χ4n) is 2.30. The number of hydrogen-bond donors (Lipinski definition) is 0. The molecule has 3 rings (SSSR count). The minimum absolute atomic E-state index is 0.722. The SMILES string of the molecule is Cc1c2n(c3ccccc13)CC(C#N)=C2. The summed E-state index contributed by atoms with van der Waals surface area (Å²) in [6, 6.07) is 10.6. The summed E-state index contributed by atoms with van der Waals surface area (Å²) >= 11 is 0. The van der Waals surface area contributed by atoms with Crippen LogP contribution in [0.15, 0.2) is 29.8 Å². The van der Waals surface area contributed by atoms with Crippen molar-refractivity contribution in [1.82, 2.24) is 4.57 Å². The van der Waals surface area contributed by atoms with Crippen molar-refractivity contribution in [3.05, 3.63) is 41.1 Å². The van der Waals surface area contributed by atoms with E-state index >= 15 is 0 Å². The lowest BCUT2D eigenvalue weighted by Gasteiger charge is -1.99. The average Bonchev–Trinajstić information content (AvgIpc) is 2.80. The first-order valence-corrected chi connectivity index (χ1v) is 5.00. The van der Waals surface area contributed by atoms with E-state index in [2.05, 4.69) is 35.8 Å². The van der Waals surface area contributed by atoms with Crippen molar-refractivity contribution < 1.29 is 0 Å². The zero-order valence-corrected chi connectivity index (χ0v) is 8.49. The fourth-order valence-corrected chi connectivity index (χ4v) is 2.30. The van der Waals surface area contributed by atoms with Crippen molar-refractivity contribution in [3.8, 4) is 6.07 Å². The molecule has 0 saturated carbocycles. The lowest BCUT2D eigenvalue weighted by Crippen LogP contribution is -1.94. The predicted octanol–water partition coefficient (Wildman–Crippen LogP) is 2.87. The highest BCUT2D eigenvalue weighted by Gasteiger charge is 2.18. The number of rotatable bonds is 0. The lowest BCUT2D eigenvalue weighted by molar-refractivity contribution is 0.860. The summed E-state index contributed by atoms with van der Waals surface area (Å²) in [5.74, 6) is 0. The summed E-state index contributed by atoms with van der Waals surface area (Å²) in [5, 5.41) is 10.2. The molecule has 0 unspecified atom stereocenters. The molecule has 0 radical (unpaired) electrons. The number of benzene rings is 1. The Balaban J connectivity index is 2.39. The van der Waals surface area contributed by atoms with Crippen LogP contribution in [-0.4, -0.2) is 4.57 Å². The topological polar surface area (TPSA) is 28.7 Å². The number of nitrogens with zero attached hydrogens (tertiary/aromatic N) is 2. The van der Waals surface area contributed by atoms with Crippen molar-refractivity contribution in [2.24, 2.45) is 0 Å². The van der Waals surface area contributed by atoms with Crippen molar-refractivity contribution in [2.75, 3.05) is 0 Å². The van der Waals surface area contributed by atoms with Crippen LogP contribution >= 0.6 is 0 Å². The Hall–Kier alpha value is -2.01. The van der Waals surface area contributed by atoms with Crippen molar-refractivity contribution >= 4 is 17.0 Å². The number of allylic oxidation sites excluding steroid dienone is 1. The van der Waals surface area contributed by atoms with Gasteiger partial charge in [0.15, 0.2) is 0 Å². The zero-order valence-electron chi connectivity index (χ0n) is 8.49. The van der Waals surface area contributed by atoms with Gasteiger partial charge in [0, 0.05) is 16.6 Å². The molecule has 0 atom stereocenters. The Morgan fingerprint density at radius 1 is 1.33 bits per heavy atom. The van der Waals surface area contributed by atoms with Gasteiger partial charge in [-0.15, -0.1) is 0 Å². The van der Waals surface area contributed by atoms with E-state index in [0.29, 0.717) is 0 Å². The molecule has 1 aromatic heterocycles. The summed E-state index contributed by atoms with van der Waals surface area (Å²) in [7, 11) is 0. The Morgan fingerprint density at radius 3 is 2.93 bits per heavy atom. The van der Waals surface area contributed by atoms with Crippen LogP contribution in [0.2, 0.25) is 0 Å². The van der Waals surface area contributed by atoms with Gasteiger partial charge in [0.25, 0.3) is 0 Å². The minimum Gasteiger partial charge on any atom is -0.335 e. The van der Waals surface area contributed by atoms with Gasteiger partial charge >= 0.3 is 0 Å². The van der Waals surface area contributed by atoms with E-state index in [9.17, 15) is 0 Å². The number of hydrogen-bond acceptors (Lipinski definition) is 1. The van der Waals surface area contributed by atoms with E-state index in [1.165, 1.54) is 22.2 Å². The van der Waals surface area contributed by atoms with Crippen LogP contribution in [0, 0.1) is 18.3 Å². The Bertz CT molecular complexity index is 624. The van der Waals surface area contributed by atoms with Crippen LogP contribution in [0.1, 0.15) is 11.3 Å². The van der Waals surface area contributed by atoms with Crippen molar-refractivity contribution in [2.45, 2.75) is 13.5 Å². The van der Waals surface area contributed by atoms with Crippen LogP contribution in [0.4, 0.5) is 0 Å². The van der Waals surface area contributed by atoms with Crippen LogP contribution in [0.3, 0.4) is 0 Å². The van der Waals surface area contributed by atoms with Crippen molar-refractivity contribution in [1.29, 1.82) is 5.26 Å². The van der Waals surface area contributed by atoms with E-state index in [4.69, 9.17) is 5.26 Å². The standard InChI is InChI=1S/C13H10N2/c1-9-11-4-2-3-5-12(11)15-8-10(7-14)6-13(9)15/h2-6H,8H2,1H3. The molecule has 2 nitrogen and oxygen atoms in total.